The number of pyridine rings is 1. The molecule has 1 aromatic carbocycles. The van der Waals surface area contributed by atoms with Crippen LogP contribution in [-0.4, -0.2) is 44.9 Å². The molecule has 0 aliphatic carbocycles. The van der Waals surface area contributed by atoms with Gasteiger partial charge in [0.05, 0.1) is 11.7 Å². The van der Waals surface area contributed by atoms with Gasteiger partial charge in [-0.15, -0.1) is 0 Å². The van der Waals surface area contributed by atoms with E-state index in [9.17, 15) is 9.18 Å². The van der Waals surface area contributed by atoms with Gasteiger partial charge in [0.25, 0.3) is 5.91 Å². The first-order chi connectivity index (χ1) is 15.4. The third-order valence-corrected chi connectivity index (χ3v) is 5.88. The van der Waals surface area contributed by atoms with Crippen LogP contribution in [0.3, 0.4) is 0 Å². The molecule has 164 valence electrons. The van der Waals surface area contributed by atoms with E-state index < -0.39 is 12.1 Å². The summed E-state index contributed by atoms with van der Waals surface area (Å²) in [6.45, 7) is 3.00. The Hall–Kier alpha value is -3.75. The topological polar surface area (TPSA) is 103 Å². The van der Waals surface area contributed by atoms with E-state index in [1.54, 1.807) is 23.1 Å². The summed E-state index contributed by atoms with van der Waals surface area (Å²) in [4.78, 5) is 23.1. The van der Waals surface area contributed by atoms with Gasteiger partial charge in [-0.05, 0) is 44.0 Å². The predicted molar refractivity (Wildman–Crippen MR) is 119 cm³/mol. The Labute approximate surface area is 183 Å². The summed E-state index contributed by atoms with van der Waals surface area (Å²) in [7, 11) is 1.85. The number of carbonyl (C=O) groups is 1. The molecule has 1 fully saturated rings. The maximum absolute atomic E-state index is 13.8. The molecule has 8 nitrogen and oxygen atoms in total. The Balaban J connectivity index is 1.71. The van der Waals surface area contributed by atoms with Gasteiger partial charge >= 0.3 is 0 Å². The summed E-state index contributed by atoms with van der Waals surface area (Å²) in [6.07, 6.45) is 3.54. The smallest absolute Gasteiger partial charge is 0.271 e. The molecule has 1 amide bonds. The van der Waals surface area contributed by atoms with Crippen LogP contribution in [0.1, 0.15) is 29.0 Å². The van der Waals surface area contributed by atoms with Crippen LogP contribution in [0.25, 0.3) is 33.7 Å². The summed E-state index contributed by atoms with van der Waals surface area (Å²) in [5.41, 5.74) is 9.63. The van der Waals surface area contributed by atoms with E-state index >= 15 is 0 Å². The third kappa shape index (κ3) is 3.49. The van der Waals surface area contributed by atoms with Crippen molar-refractivity contribution in [1.29, 1.82) is 0 Å². The van der Waals surface area contributed by atoms with Crippen LogP contribution < -0.4 is 10.6 Å². The second kappa shape index (κ2) is 7.74. The number of halogens is 1. The van der Waals surface area contributed by atoms with Crippen molar-refractivity contribution in [3.05, 3.63) is 48.0 Å². The maximum atomic E-state index is 13.8. The van der Waals surface area contributed by atoms with E-state index in [-0.39, 0.29) is 11.6 Å². The van der Waals surface area contributed by atoms with Gasteiger partial charge in [0.2, 0.25) is 5.89 Å². The number of fused-ring (bicyclic) bond motifs is 1. The van der Waals surface area contributed by atoms with E-state index in [1.807, 2.05) is 32.2 Å². The molecule has 0 spiro atoms. The highest BCUT2D eigenvalue weighted by molar-refractivity contribution is 6.01. The van der Waals surface area contributed by atoms with Crippen molar-refractivity contribution < 1.29 is 13.6 Å². The number of primary amides is 1. The van der Waals surface area contributed by atoms with Crippen molar-refractivity contribution in [3.63, 3.8) is 0 Å². The van der Waals surface area contributed by atoms with Gasteiger partial charge in [-0.1, -0.05) is 0 Å². The summed E-state index contributed by atoms with van der Waals surface area (Å²) < 4.78 is 21.7. The van der Waals surface area contributed by atoms with Crippen molar-refractivity contribution in [1.82, 2.24) is 19.7 Å². The zero-order valence-corrected chi connectivity index (χ0v) is 17.9. The van der Waals surface area contributed by atoms with Crippen LogP contribution in [0.5, 0.6) is 0 Å². The quantitative estimate of drug-likeness (QED) is 0.526. The largest absolute Gasteiger partial charge is 0.435 e. The lowest BCUT2D eigenvalue weighted by Gasteiger charge is -2.32. The lowest BCUT2D eigenvalue weighted by atomic mass is 10.0. The number of oxazole rings is 1. The minimum absolute atomic E-state index is 0.0533. The van der Waals surface area contributed by atoms with Crippen molar-refractivity contribution in [2.75, 3.05) is 18.0 Å². The number of carbonyl (C=O) groups excluding carboxylic acids is 1. The maximum Gasteiger partial charge on any atom is 0.271 e. The summed E-state index contributed by atoms with van der Waals surface area (Å²) >= 11 is 0. The molecule has 0 bridgehead atoms. The Morgan fingerprint density at radius 1 is 1.25 bits per heavy atom. The number of nitrogens with two attached hydrogens (primary N) is 1. The lowest BCUT2D eigenvalue weighted by molar-refractivity contribution is 0.0996. The number of hydrogen-bond acceptors (Lipinski definition) is 6. The average molecular weight is 434 g/mol. The number of amides is 1. The van der Waals surface area contributed by atoms with Gasteiger partial charge in [-0.2, -0.15) is 5.10 Å². The van der Waals surface area contributed by atoms with Gasteiger partial charge in [-0.25, -0.2) is 9.37 Å². The van der Waals surface area contributed by atoms with Crippen LogP contribution >= 0.6 is 0 Å². The van der Waals surface area contributed by atoms with Gasteiger partial charge in [0, 0.05) is 54.2 Å². The van der Waals surface area contributed by atoms with Gasteiger partial charge < -0.3 is 15.1 Å². The number of aromatic nitrogens is 4. The molecule has 3 aromatic heterocycles. The Kier molecular flexibility index (Phi) is 4.88. The normalized spacial score (nSPS) is 14.9. The number of aryl methyl sites for hydroxylation is 2. The molecule has 0 atom stereocenters. The van der Waals surface area contributed by atoms with E-state index in [0.717, 1.165) is 22.3 Å². The second-order valence-electron chi connectivity index (χ2n) is 8.10. The fraction of sp³-hybridized carbons (Fsp3) is 0.304. The highest BCUT2D eigenvalue weighted by Crippen LogP contribution is 2.39. The van der Waals surface area contributed by atoms with E-state index in [2.05, 4.69) is 20.0 Å². The molecule has 2 N–H and O–H groups in total. The standard InChI is InChI=1S/C23H23FN6O2/c1-13-9-14(3-6-26-13)23-28-20(22(25)31)21(32-23)17-11-18-15(12-27-29(18)2)10-19(17)30-7-4-16(24)5-8-30/h3,6,9-12,16H,4-5,7-8H2,1-2H3,(H2,25,31). The number of anilines is 1. The lowest BCUT2D eigenvalue weighted by Crippen LogP contribution is -2.34. The molecule has 4 aromatic rings. The van der Waals surface area contributed by atoms with E-state index in [0.29, 0.717) is 42.8 Å². The Morgan fingerprint density at radius 2 is 2.03 bits per heavy atom. The van der Waals surface area contributed by atoms with Crippen molar-refractivity contribution in [2.45, 2.75) is 25.9 Å². The van der Waals surface area contributed by atoms with Crippen LogP contribution in [0, 0.1) is 6.92 Å². The molecule has 1 aliphatic heterocycles. The number of rotatable bonds is 4. The van der Waals surface area contributed by atoms with Crippen LogP contribution in [0.2, 0.25) is 0 Å². The molecule has 32 heavy (non-hydrogen) atoms. The third-order valence-electron chi connectivity index (χ3n) is 5.88. The number of alkyl halides is 1. The molecule has 0 saturated carbocycles. The summed E-state index contributed by atoms with van der Waals surface area (Å²) in [6, 6.07) is 7.52. The van der Waals surface area contributed by atoms with E-state index in [1.165, 1.54) is 0 Å². The summed E-state index contributed by atoms with van der Waals surface area (Å²) in [5.74, 6) is -0.0976. The van der Waals surface area contributed by atoms with Gasteiger partial charge in [-0.3, -0.25) is 14.5 Å². The molecule has 0 unspecified atom stereocenters. The summed E-state index contributed by atoms with van der Waals surface area (Å²) in [5, 5.41) is 5.29. The molecule has 1 saturated heterocycles. The fourth-order valence-corrected chi connectivity index (χ4v) is 4.19. The molecule has 1 aliphatic rings. The Morgan fingerprint density at radius 3 is 2.75 bits per heavy atom. The minimum atomic E-state index is -0.801. The molecular weight excluding hydrogens is 411 g/mol. The monoisotopic (exact) mass is 434 g/mol. The van der Waals surface area contributed by atoms with Crippen molar-refractivity contribution in [2.24, 2.45) is 12.8 Å². The number of hydrogen-bond donors (Lipinski definition) is 1. The molecule has 4 heterocycles. The van der Waals surface area contributed by atoms with Crippen molar-refractivity contribution in [3.8, 4) is 22.8 Å². The SMILES string of the molecule is Cc1cc(-c2nc(C(N)=O)c(-c3cc4c(cnn4C)cc3N3CCC(F)CC3)o2)ccn1. The number of piperidine rings is 1. The first kappa shape index (κ1) is 20.2. The van der Waals surface area contributed by atoms with Crippen LogP contribution in [0.4, 0.5) is 10.1 Å². The molecular formula is C23H23FN6O2. The minimum Gasteiger partial charge on any atom is -0.435 e. The van der Waals surface area contributed by atoms with Gasteiger partial charge in [0.1, 0.15) is 6.17 Å². The zero-order valence-electron chi connectivity index (χ0n) is 17.9. The van der Waals surface area contributed by atoms with Crippen molar-refractivity contribution >= 4 is 22.5 Å². The fourth-order valence-electron chi connectivity index (χ4n) is 4.19. The Bertz CT molecular complexity index is 1320. The highest BCUT2D eigenvalue weighted by atomic mass is 19.1. The first-order valence-corrected chi connectivity index (χ1v) is 10.5. The van der Waals surface area contributed by atoms with Crippen LogP contribution in [-0.2, 0) is 7.05 Å². The zero-order chi connectivity index (χ0) is 22.4. The van der Waals surface area contributed by atoms with Crippen LogP contribution in [0.15, 0.2) is 41.1 Å². The molecule has 9 heteroatoms. The second-order valence-corrected chi connectivity index (χ2v) is 8.10. The van der Waals surface area contributed by atoms with Gasteiger partial charge in [0.15, 0.2) is 11.5 Å². The average Bonchev–Trinajstić information content (AvgIpc) is 3.38. The molecule has 5 rings (SSSR count). The number of nitrogens with zero attached hydrogens (tertiary/aromatic N) is 5. The first-order valence-electron chi connectivity index (χ1n) is 10.5. The number of benzene rings is 1. The predicted octanol–water partition coefficient (Wildman–Crippen LogP) is 3.64. The molecule has 0 radical (unpaired) electrons. The highest BCUT2D eigenvalue weighted by Gasteiger charge is 2.27. The van der Waals surface area contributed by atoms with E-state index in [4.69, 9.17) is 10.2 Å².